The number of rotatable bonds is 6. The first-order valence-electron chi connectivity index (χ1n) is 8.61. The number of hydrogen-bond acceptors (Lipinski definition) is 2. The number of carbonyl (C=O) groups excluding carboxylic acids is 2. The van der Waals surface area contributed by atoms with E-state index in [2.05, 4.69) is 12.2 Å². The Bertz CT molecular complexity index is 584. The van der Waals surface area contributed by atoms with Crippen LogP contribution in [0.4, 0.5) is 0 Å². The van der Waals surface area contributed by atoms with Gasteiger partial charge in [-0.25, -0.2) is 0 Å². The Balaban J connectivity index is 1.44. The third kappa shape index (κ3) is 3.95. The van der Waals surface area contributed by atoms with Crippen molar-refractivity contribution >= 4 is 23.3 Å². The first-order valence-corrected chi connectivity index (χ1v) is 8.99. The summed E-state index contributed by atoms with van der Waals surface area (Å²) in [6.45, 7) is 2.12. The van der Waals surface area contributed by atoms with Crippen molar-refractivity contribution in [1.29, 1.82) is 0 Å². The molecule has 0 radical (unpaired) electrons. The van der Waals surface area contributed by atoms with Crippen LogP contribution in [-0.4, -0.2) is 17.7 Å². The maximum absolute atomic E-state index is 12.1. The predicted molar refractivity (Wildman–Crippen MR) is 91.6 cm³/mol. The molecule has 2 fully saturated rings. The van der Waals surface area contributed by atoms with Gasteiger partial charge in [-0.3, -0.25) is 9.59 Å². The monoisotopic (exact) mass is 333 g/mol. The van der Waals surface area contributed by atoms with Gasteiger partial charge in [-0.2, -0.15) is 0 Å². The molecule has 1 N–H and O–H groups in total. The molecule has 2 aliphatic carbocycles. The molecule has 2 aliphatic rings. The number of Topliss-reactive ketones (excluding diaryl/α,β-unsaturated/α-hetero) is 1. The molecular formula is C19H24ClNO2. The number of hydrogen-bond donors (Lipinski definition) is 1. The van der Waals surface area contributed by atoms with E-state index < -0.39 is 0 Å². The number of ketones is 1. The smallest absolute Gasteiger partial charge is 0.220 e. The minimum Gasteiger partial charge on any atom is -0.353 e. The van der Waals surface area contributed by atoms with Crippen LogP contribution < -0.4 is 5.32 Å². The van der Waals surface area contributed by atoms with E-state index in [-0.39, 0.29) is 30.6 Å². The molecule has 0 aromatic heterocycles. The number of amides is 1. The molecule has 0 unspecified atom stereocenters. The second-order valence-electron chi connectivity index (χ2n) is 7.12. The zero-order chi connectivity index (χ0) is 16.4. The van der Waals surface area contributed by atoms with Gasteiger partial charge in [0.2, 0.25) is 5.91 Å². The van der Waals surface area contributed by atoms with E-state index in [0.29, 0.717) is 16.5 Å². The quantitative estimate of drug-likeness (QED) is 0.791. The number of benzene rings is 1. The van der Waals surface area contributed by atoms with Crippen molar-refractivity contribution in [1.82, 2.24) is 5.32 Å². The first-order chi connectivity index (χ1) is 11.0. The molecule has 2 bridgehead atoms. The Morgan fingerprint density at radius 2 is 1.91 bits per heavy atom. The van der Waals surface area contributed by atoms with Gasteiger partial charge in [0.25, 0.3) is 0 Å². The van der Waals surface area contributed by atoms with E-state index in [4.69, 9.17) is 11.6 Å². The second-order valence-corrected chi connectivity index (χ2v) is 7.56. The lowest BCUT2D eigenvalue weighted by Gasteiger charge is -2.28. The maximum Gasteiger partial charge on any atom is 0.220 e. The summed E-state index contributed by atoms with van der Waals surface area (Å²) in [4.78, 5) is 24.2. The van der Waals surface area contributed by atoms with E-state index >= 15 is 0 Å². The van der Waals surface area contributed by atoms with Crippen molar-refractivity contribution in [2.24, 2.45) is 17.8 Å². The molecule has 0 aliphatic heterocycles. The maximum atomic E-state index is 12.1. The lowest BCUT2D eigenvalue weighted by molar-refractivity contribution is -0.122. The number of fused-ring (bicyclic) bond motifs is 2. The van der Waals surface area contributed by atoms with Gasteiger partial charge < -0.3 is 5.32 Å². The van der Waals surface area contributed by atoms with E-state index in [0.717, 1.165) is 11.8 Å². The van der Waals surface area contributed by atoms with Gasteiger partial charge in [0, 0.05) is 29.5 Å². The van der Waals surface area contributed by atoms with Gasteiger partial charge in [-0.15, -0.1) is 0 Å². The molecule has 1 amide bonds. The van der Waals surface area contributed by atoms with Crippen molar-refractivity contribution in [3.63, 3.8) is 0 Å². The minimum atomic E-state index is -0.0115. The highest BCUT2D eigenvalue weighted by atomic mass is 35.5. The Morgan fingerprint density at radius 1 is 1.17 bits per heavy atom. The molecule has 3 rings (SSSR count). The highest BCUT2D eigenvalue weighted by Gasteiger charge is 2.42. The Labute approximate surface area is 142 Å². The molecule has 1 aromatic rings. The Kier molecular flexibility index (Phi) is 5.05. The molecule has 4 heteroatoms. The van der Waals surface area contributed by atoms with Crippen LogP contribution in [0.25, 0.3) is 0 Å². The van der Waals surface area contributed by atoms with Crippen molar-refractivity contribution in [2.75, 3.05) is 0 Å². The van der Waals surface area contributed by atoms with Crippen molar-refractivity contribution in [2.45, 2.75) is 51.5 Å². The molecule has 4 atom stereocenters. The Morgan fingerprint density at radius 3 is 2.52 bits per heavy atom. The van der Waals surface area contributed by atoms with Gasteiger partial charge in [0.1, 0.15) is 0 Å². The molecule has 3 nitrogen and oxygen atoms in total. The standard InChI is InChI=1S/C19H24ClNO2/c1-12(17-11-13-2-3-15(17)10-13)21-19(23)9-8-18(22)14-4-6-16(20)7-5-14/h4-7,12-13,15,17H,2-3,8-11H2,1H3,(H,21,23)/t12-,13+,15+,17+/m1/s1. The number of carbonyl (C=O) groups is 2. The van der Waals surface area contributed by atoms with Crippen LogP contribution in [0.2, 0.25) is 5.02 Å². The molecule has 124 valence electrons. The van der Waals surface area contributed by atoms with Crippen LogP contribution in [0, 0.1) is 17.8 Å². The van der Waals surface area contributed by atoms with E-state index in [9.17, 15) is 9.59 Å². The van der Waals surface area contributed by atoms with Crippen LogP contribution in [0.5, 0.6) is 0 Å². The summed E-state index contributed by atoms with van der Waals surface area (Å²) in [5.41, 5.74) is 0.614. The lowest BCUT2D eigenvalue weighted by atomic mass is 9.84. The summed E-state index contributed by atoms with van der Waals surface area (Å²) in [6, 6.07) is 7.04. The van der Waals surface area contributed by atoms with Crippen molar-refractivity contribution < 1.29 is 9.59 Å². The normalized spacial score (nSPS) is 27.0. The predicted octanol–water partition coefficient (Wildman–Crippen LogP) is 4.24. The van der Waals surface area contributed by atoms with E-state index in [1.54, 1.807) is 24.3 Å². The summed E-state index contributed by atoms with van der Waals surface area (Å²) in [5, 5.41) is 3.72. The highest BCUT2D eigenvalue weighted by Crippen LogP contribution is 2.49. The lowest BCUT2D eigenvalue weighted by Crippen LogP contribution is -2.40. The fourth-order valence-corrected chi connectivity index (χ4v) is 4.47. The van der Waals surface area contributed by atoms with Crippen LogP contribution in [-0.2, 0) is 4.79 Å². The van der Waals surface area contributed by atoms with Gasteiger partial charge >= 0.3 is 0 Å². The highest BCUT2D eigenvalue weighted by molar-refractivity contribution is 6.30. The third-order valence-electron chi connectivity index (χ3n) is 5.57. The summed E-state index contributed by atoms with van der Waals surface area (Å²) in [5.74, 6) is 2.29. The summed E-state index contributed by atoms with van der Waals surface area (Å²) in [6.07, 6.45) is 5.81. The topological polar surface area (TPSA) is 46.2 Å². The average Bonchev–Trinajstić information content (AvgIpc) is 3.16. The largest absolute Gasteiger partial charge is 0.353 e. The first kappa shape index (κ1) is 16.5. The molecule has 23 heavy (non-hydrogen) atoms. The van der Waals surface area contributed by atoms with Gasteiger partial charge in [0.15, 0.2) is 5.78 Å². The van der Waals surface area contributed by atoms with Crippen LogP contribution in [0.3, 0.4) is 0 Å². The SMILES string of the molecule is C[C@@H](NC(=O)CCC(=O)c1ccc(Cl)cc1)[C@@H]1C[C@H]2CC[C@H]1C2. The zero-order valence-corrected chi connectivity index (χ0v) is 14.3. The molecule has 0 heterocycles. The van der Waals surface area contributed by atoms with Crippen molar-refractivity contribution in [3.05, 3.63) is 34.9 Å². The van der Waals surface area contributed by atoms with Gasteiger partial charge in [0.05, 0.1) is 0 Å². The van der Waals surface area contributed by atoms with Gasteiger partial charge in [-0.1, -0.05) is 18.0 Å². The summed E-state index contributed by atoms with van der Waals surface area (Å²) in [7, 11) is 0. The summed E-state index contributed by atoms with van der Waals surface area (Å²) < 4.78 is 0. The molecule has 2 saturated carbocycles. The zero-order valence-electron chi connectivity index (χ0n) is 13.6. The fourth-order valence-electron chi connectivity index (χ4n) is 4.35. The van der Waals surface area contributed by atoms with Crippen molar-refractivity contribution in [3.8, 4) is 0 Å². The molecular weight excluding hydrogens is 310 g/mol. The minimum absolute atomic E-state index is 0.00982. The van der Waals surface area contributed by atoms with Crippen LogP contribution in [0.15, 0.2) is 24.3 Å². The van der Waals surface area contributed by atoms with Gasteiger partial charge in [-0.05, 0) is 68.2 Å². The molecule has 1 aromatic carbocycles. The second kappa shape index (κ2) is 7.04. The fraction of sp³-hybridized carbons (Fsp3) is 0.579. The van der Waals surface area contributed by atoms with E-state index in [1.165, 1.54) is 25.7 Å². The third-order valence-corrected chi connectivity index (χ3v) is 5.82. The summed E-state index contributed by atoms with van der Waals surface area (Å²) >= 11 is 5.81. The molecule has 0 spiro atoms. The molecule has 0 saturated heterocycles. The van der Waals surface area contributed by atoms with E-state index in [1.807, 2.05) is 0 Å². The van der Waals surface area contributed by atoms with Crippen LogP contribution >= 0.6 is 11.6 Å². The number of halogens is 1. The number of nitrogens with one attached hydrogen (secondary N) is 1. The van der Waals surface area contributed by atoms with Crippen LogP contribution in [0.1, 0.15) is 55.8 Å². The average molecular weight is 334 g/mol. The Hall–Kier alpha value is -1.35.